The van der Waals surface area contributed by atoms with Gasteiger partial charge in [0, 0.05) is 29.1 Å². The van der Waals surface area contributed by atoms with E-state index >= 15 is 0 Å². The van der Waals surface area contributed by atoms with Gasteiger partial charge in [0.25, 0.3) is 0 Å². The molecule has 0 spiro atoms. The number of nitrogens with one attached hydrogen (secondary N) is 2. The second kappa shape index (κ2) is 19.5. The van der Waals surface area contributed by atoms with Crippen LogP contribution in [0.1, 0.15) is 75.2 Å². The van der Waals surface area contributed by atoms with Crippen molar-refractivity contribution in [1.29, 1.82) is 0 Å². The van der Waals surface area contributed by atoms with E-state index in [1.165, 1.54) is 23.1 Å². The third kappa shape index (κ3) is 11.6. The molecule has 3 amide bonds. The number of nitrogens with zero attached hydrogens (tertiary/aromatic N) is 3. The van der Waals surface area contributed by atoms with Gasteiger partial charge >= 0.3 is 12.0 Å². The average molecular weight is 728 g/mol. The molecular formula is C37H53N5O10. The highest BCUT2D eigenvalue weighted by Gasteiger charge is 2.36. The zero-order valence-corrected chi connectivity index (χ0v) is 30.2. The molecule has 4 rings (SSSR count). The van der Waals surface area contributed by atoms with E-state index in [1.54, 1.807) is 13.1 Å². The number of aliphatic hydroxyl groups is 5. The number of benzene rings is 2. The monoisotopic (exact) mass is 727 g/mol. The number of anilines is 2. The predicted molar refractivity (Wildman–Crippen MR) is 195 cm³/mol. The minimum absolute atomic E-state index is 0.0367. The molecule has 4 atom stereocenters. The minimum atomic E-state index is -1.55. The van der Waals surface area contributed by atoms with Crippen LogP contribution < -0.4 is 15.5 Å². The van der Waals surface area contributed by atoms with Gasteiger partial charge in [0.05, 0.1) is 36.2 Å². The number of aromatic carboxylic acids is 1. The van der Waals surface area contributed by atoms with Crippen LogP contribution in [0.4, 0.5) is 16.2 Å². The fraction of sp³-hybridized carbons (Fsp3) is 0.541. The van der Waals surface area contributed by atoms with Gasteiger partial charge in [-0.25, -0.2) is 14.6 Å². The Morgan fingerprint density at radius 3 is 2.13 bits per heavy atom. The van der Waals surface area contributed by atoms with Crippen LogP contribution in [0.2, 0.25) is 0 Å². The molecule has 2 aliphatic rings. The fourth-order valence-electron chi connectivity index (χ4n) is 5.85. The Morgan fingerprint density at radius 1 is 0.904 bits per heavy atom. The quantitative estimate of drug-likeness (QED) is 0.139. The Balaban J connectivity index is 0.000000478. The van der Waals surface area contributed by atoms with E-state index in [1.807, 2.05) is 45.0 Å². The number of urea groups is 1. The van der Waals surface area contributed by atoms with Gasteiger partial charge in [-0.2, -0.15) is 5.10 Å². The lowest BCUT2D eigenvalue weighted by Gasteiger charge is -2.28. The van der Waals surface area contributed by atoms with Crippen LogP contribution in [0.3, 0.4) is 0 Å². The highest BCUT2D eigenvalue weighted by Crippen LogP contribution is 2.34. The number of amides is 3. The van der Waals surface area contributed by atoms with Crippen molar-refractivity contribution in [2.45, 2.75) is 83.7 Å². The molecule has 2 aromatic rings. The molecule has 1 aliphatic heterocycles. The Morgan fingerprint density at radius 2 is 1.54 bits per heavy atom. The van der Waals surface area contributed by atoms with Crippen molar-refractivity contribution in [2.75, 3.05) is 43.5 Å². The predicted octanol–water partition coefficient (Wildman–Crippen LogP) is 2.20. The topological polar surface area (TPSA) is 233 Å². The van der Waals surface area contributed by atoms with E-state index in [-0.39, 0.29) is 36.9 Å². The van der Waals surface area contributed by atoms with Crippen LogP contribution in [-0.2, 0) is 9.59 Å². The van der Waals surface area contributed by atoms with Crippen molar-refractivity contribution in [3.05, 3.63) is 59.7 Å². The third-order valence-corrected chi connectivity index (χ3v) is 8.96. The van der Waals surface area contributed by atoms with Crippen LogP contribution in [0.15, 0.2) is 53.6 Å². The summed E-state index contributed by atoms with van der Waals surface area (Å²) in [5.74, 6) is -1.62. The molecule has 15 heteroatoms. The molecule has 1 saturated carbocycles. The second-order valence-corrected chi connectivity index (χ2v) is 14.1. The molecule has 286 valence electrons. The maximum Gasteiger partial charge on any atom is 0.345 e. The third-order valence-electron chi connectivity index (χ3n) is 8.96. The minimum Gasteiger partial charge on any atom is -0.478 e. The first kappa shape index (κ1) is 42.2. The van der Waals surface area contributed by atoms with Crippen LogP contribution in [0.25, 0.3) is 0 Å². The number of hydrazone groups is 1. The summed E-state index contributed by atoms with van der Waals surface area (Å²) in [5.41, 5.74) is 1.85. The van der Waals surface area contributed by atoms with Crippen LogP contribution in [-0.4, -0.2) is 123 Å². The number of Topliss-reactive ketones (excluding diaryl/α,β-unsaturated/α-hetero) is 1. The highest BCUT2D eigenvalue weighted by atomic mass is 16.4. The highest BCUT2D eigenvalue weighted by molar-refractivity contribution is 6.13. The van der Waals surface area contributed by atoms with Crippen molar-refractivity contribution in [3.8, 4) is 0 Å². The van der Waals surface area contributed by atoms with E-state index in [9.17, 15) is 29.4 Å². The number of carbonyl (C=O) groups is 4. The first-order valence-corrected chi connectivity index (χ1v) is 17.5. The van der Waals surface area contributed by atoms with Crippen molar-refractivity contribution < 1.29 is 49.8 Å². The molecule has 15 nitrogen and oxygen atoms in total. The first-order chi connectivity index (χ1) is 24.6. The molecular weight excluding hydrogens is 674 g/mol. The number of likely N-dealkylation sites (N-methyl/N-ethyl adjacent to an activating group) is 1. The number of aliphatic hydroxyl groups excluding tert-OH is 5. The van der Waals surface area contributed by atoms with Crippen LogP contribution >= 0.6 is 0 Å². The van der Waals surface area contributed by atoms with E-state index in [2.05, 4.69) is 10.6 Å². The lowest BCUT2D eigenvalue weighted by atomic mass is 9.88. The average Bonchev–Trinajstić information content (AvgIpc) is 3.45. The smallest absolute Gasteiger partial charge is 0.345 e. The summed E-state index contributed by atoms with van der Waals surface area (Å²) in [7, 11) is 1.57. The molecule has 8 N–H and O–H groups in total. The normalized spacial score (nSPS) is 17.6. The van der Waals surface area contributed by atoms with Crippen molar-refractivity contribution in [3.63, 3.8) is 0 Å². The maximum absolute atomic E-state index is 13.9. The van der Waals surface area contributed by atoms with Gasteiger partial charge in [-0.1, -0.05) is 70.7 Å². The number of fused-ring (bicyclic) bond motifs is 1. The summed E-state index contributed by atoms with van der Waals surface area (Å²) in [6.07, 6.45) is 0.648. The lowest BCUT2D eigenvalue weighted by molar-refractivity contribution is -0.124. The number of carbonyl (C=O) groups excluding carboxylic acids is 3. The zero-order valence-electron chi connectivity index (χ0n) is 30.2. The lowest BCUT2D eigenvalue weighted by Crippen LogP contribution is -2.48. The van der Waals surface area contributed by atoms with Gasteiger partial charge in [0.15, 0.2) is 5.78 Å². The van der Waals surface area contributed by atoms with Crippen molar-refractivity contribution >= 4 is 40.8 Å². The second-order valence-electron chi connectivity index (χ2n) is 14.1. The van der Waals surface area contributed by atoms with Gasteiger partial charge in [0.2, 0.25) is 5.91 Å². The van der Waals surface area contributed by atoms with Crippen molar-refractivity contribution in [1.82, 2.24) is 10.3 Å². The van der Waals surface area contributed by atoms with E-state index in [0.717, 1.165) is 54.8 Å². The number of hydrogen-bond donors (Lipinski definition) is 8. The molecule has 0 aromatic heterocycles. The largest absolute Gasteiger partial charge is 0.478 e. The van der Waals surface area contributed by atoms with Gasteiger partial charge in [-0.05, 0) is 44.2 Å². The molecule has 0 saturated heterocycles. The SMILES string of the molecule is CC(C)(C)C(=O)CN1C(=O)N(CC(=O)Nc2cccc(C(=O)O)c2)N=C(C2CCCCCC2)c2ccccc21.CNC[C@H](O)[C@@H](O)[C@H](O)[C@H](O)CO. The Labute approximate surface area is 304 Å². The summed E-state index contributed by atoms with van der Waals surface area (Å²) in [6.45, 7) is 4.33. The van der Waals surface area contributed by atoms with Crippen LogP contribution in [0, 0.1) is 11.3 Å². The number of carboxylic acids is 1. The van der Waals surface area contributed by atoms with E-state index < -0.39 is 54.3 Å². The molecule has 1 fully saturated rings. The molecule has 52 heavy (non-hydrogen) atoms. The summed E-state index contributed by atoms with van der Waals surface area (Å²) in [5, 5.41) is 65.4. The Bertz CT molecular complexity index is 1550. The first-order valence-electron chi connectivity index (χ1n) is 17.5. The van der Waals surface area contributed by atoms with Gasteiger partial charge in [-0.15, -0.1) is 0 Å². The number of hydrogen-bond acceptors (Lipinski definition) is 11. The summed E-state index contributed by atoms with van der Waals surface area (Å²) >= 11 is 0. The van der Waals surface area contributed by atoms with E-state index in [4.69, 9.17) is 25.5 Å². The molecule has 0 radical (unpaired) electrons. The van der Waals surface area contributed by atoms with Gasteiger partial charge < -0.3 is 41.3 Å². The fourth-order valence-corrected chi connectivity index (χ4v) is 5.85. The summed E-state index contributed by atoms with van der Waals surface area (Å²) in [6, 6.07) is 12.8. The summed E-state index contributed by atoms with van der Waals surface area (Å²) in [4.78, 5) is 52.9. The molecule has 1 heterocycles. The van der Waals surface area contributed by atoms with Crippen LogP contribution in [0.5, 0.6) is 0 Å². The number of rotatable bonds is 13. The van der Waals surface area contributed by atoms with E-state index in [0.29, 0.717) is 11.4 Å². The van der Waals surface area contributed by atoms with Crippen molar-refractivity contribution in [2.24, 2.45) is 16.4 Å². The maximum atomic E-state index is 13.9. The number of carboxylic acid groups (broad SMARTS) is 1. The molecule has 0 unspecified atom stereocenters. The van der Waals surface area contributed by atoms with Gasteiger partial charge in [0.1, 0.15) is 24.9 Å². The Kier molecular flexibility index (Phi) is 15.9. The number of para-hydroxylation sites is 1. The standard InChI is InChI=1S/C30H36N4O5.C7H17NO5/c1-30(2,3)25(35)18-33-24-16-9-8-15-23(24)27(20-11-6-4-5-7-12-20)32-34(29(33)39)19-26(36)31-22-14-10-13-21(17-22)28(37)38;1-8-2-4(10)6(12)7(13)5(11)3-9/h8-10,13-17,20H,4-7,11-12,18-19H2,1-3H3,(H,31,36)(H,37,38);4-13H,2-3H2,1H3/t;4-,5+,6+,7+/m.0/s1. The molecule has 2 aromatic carbocycles. The molecule has 0 bridgehead atoms. The Hall–Kier alpha value is -4.25. The van der Waals surface area contributed by atoms with Gasteiger partial charge in [-0.3, -0.25) is 14.5 Å². The summed E-state index contributed by atoms with van der Waals surface area (Å²) < 4.78 is 0. The zero-order chi connectivity index (χ0) is 38.6. The number of ketones is 1. The molecule has 1 aliphatic carbocycles.